The Kier molecular flexibility index (Phi) is 15.3. The molecule has 0 radical (unpaired) electrons. The molecule has 0 aliphatic heterocycles. The molecule has 0 heterocycles. The van der Waals surface area contributed by atoms with Gasteiger partial charge < -0.3 is 14.7 Å². The van der Waals surface area contributed by atoms with E-state index in [1.165, 1.54) is 45.6 Å². The zero-order chi connectivity index (χ0) is 13.7. The summed E-state index contributed by atoms with van der Waals surface area (Å²) >= 11 is 0. The van der Waals surface area contributed by atoms with Gasteiger partial charge in [-0.1, -0.05) is 6.92 Å². The predicted octanol–water partition coefficient (Wildman–Crippen LogP) is 2.01. The lowest BCUT2D eigenvalue weighted by Gasteiger charge is -2.22. The molecule has 0 bridgehead atoms. The molecule has 0 atom stereocenters. The highest BCUT2D eigenvalue weighted by Crippen LogP contribution is 1.95. The summed E-state index contributed by atoms with van der Waals surface area (Å²) in [4.78, 5) is 7.06. The third-order valence-electron chi connectivity index (χ3n) is 2.61. The fourth-order valence-electron chi connectivity index (χ4n) is 1.65. The molecule has 0 unspecified atom stereocenters. The van der Waals surface area contributed by atoms with Crippen molar-refractivity contribution in [2.45, 2.75) is 19.8 Å². The van der Waals surface area contributed by atoms with Crippen LogP contribution in [-0.4, -0.2) is 75.6 Å². The second kappa shape index (κ2) is 13.7. The summed E-state index contributed by atoms with van der Waals surface area (Å²) in [5.41, 5.74) is 0. The molecule has 0 saturated heterocycles. The standard InChI is InChI=1S/C12H29N3.C2H4/c1-6-15(11-7-9-13(2)3)12-8-10-14(4)5;1-2/h6-12H2,1-5H3;1-2H2. The van der Waals surface area contributed by atoms with Crippen molar-refractivity contribution < 1.29 is 0 Å². The van der Waals surface area contributed by atoms with E-state index in [-0.39, 0.29) is 0 Å². The highest BCUT2D eigenvalue weighted by Gasteiger charge is 2.02. The van der Waals surface area contributed by atoms with E-state index in [2.05, 4.69) is 63.0 Å². The minimum absolute atomic E-state index is 1.18. The van der Waals surface area contributed by atoms with Crippen LogP contribution >= 0.6 is 0 Å². The number of hydrogen-bond acceptors (Lipinski definition) is 3. The van der Waals surface area contributed by atoms with Gasteiger partial charge in [0.15, 0.2) is 0 Å². The van der Waals surface area contributed by atoms with Crippen LogP contribution in [0, 0.1) is 0 Å². The van der Waals surface area contributed by atoms with E-state index in [1.54, 1.807) is 0 Å². The normalized spacial score (nSPS) is 10.8. The molecule has 0 N–H and O–H groups in total. The first-order chi connectivity index (χ1) is 8.06. The number of nitrogens with zero attached hydrogens (tertiary/aromatic N) is 3. The highest BCUT2D eigenvalue weighted by atomic mass is 15.1. The third kappa shape index (κ3) is 15.6. The summed E-state index contributed by atoms with van der Waals surface area (Å²) in [5.74, 6) is 0. The Hall–Kier alpha value is -0.380. The molecule has 0 saturated carbocycles. The van der Waals surface area contributed by atoms with Gasteiger partial charge in [-0.05, 0) is 73.8 Å². The maximum absolute atomic E-state index is 3.00. The van der Waals surface area contributed by atoms with Gasteiger partial charge in [-0.15, -0.1) is 13.2 Å². The monoisotopic (exact) mass is 243 g/mol. The quantitative estimate of drug-likeness (QED) is 0.574. The minimum Gasteiger partial charge on any atom is -0.309 e. The van der Waals surface area contributed by atoms with Crippen molar-refractivity contribution in [3.8, 4) is 0 Å². The van der Waals surface area contributed by atoms with Crippen LogP contribution in [0.2, 0.25) is 0 Å². The third-order valence-corrected chi connectivity index (χ3v) is 2.61. The molecule has 0 rings (SSSR count). The topological polar surface area (TPSA) is 9.72 Å². The Balaban J connectivity index is 0. The van der Waals surface area contributed by atoms with Crippen LogP contribution in [0.25, 0.3) is 0 Å². The lowest BCUT2D eigenvalue weighted by molar-refractivity contribution is 0.251. The summed E-state index contributed by atoms with van der Waals surface area (Å²) in [7, 11) is 8.56. The van der Waals surface area contributed by atoms with Crippen LogP contribution in [0.5, 0.6) is 0 Å². The Morgan fingerprint density at radius 3 is 1.29 bits per heavy atom. The molecule has 0 aromatic heterocycles. The summed E-state index contributed by atoms with van der Waals surface area (Å²) in [5, 5.41) is 0. The molecule has 3 heteroatoms. The fraction of sp³-hybridized carbons (Fsp3) is 0.857. The van der Waals surface area contributed by atoms with E-state index < -0.39 is 0 Å². The first-order valence-corrected chi connectivity index (χ1v) is 6.58. The SMILES string of the molecule is C=C.CCN(CCCN(C)C)CCCN(C)C. The molecular formula is C14H33N3. The summed E-state index contributed by atoms with van der Waals surface area (Å²) in [6, 6.07) is 0. The molecule has 0 fully saturated rings. The van der Waals surface area contributed by atoms with E-state index >= 15 is 0 Å². The van der Waals surface area contributed by atoms with Gasteiger partial charge >= 0.3 is 0 Å². The van der Waals surface area contributed by atoms with Gasteiger partial charge in [0.2, 0.25) is 0 Å². The molecule has 0 aromatic rings. The molecule has 17 heavy (non-hydrogen) atoms. The molecule has 0 amide bonds. The minimum atomic E-state index is 1.18. The van der Waals surface area contributed by atoms with Crippen molar-refractivity contribution in [3.63, 3.8) is 0 Å². The van der Waals surface area contributed by atoms with E-state index in [0.29, 0.717) is 0 Å². The Morgan fingerprint density at radius 1 is 0.706 bits per heavy atom. The van der Waals surface area contributed by atoms with Crippen molar-refractivity contribution in [1.29, 1.82) is 0 Å². The van der Waals surface area contributed by atoms with Crippen LogP contribution in [0.15, 0.2) is 13.2 Å². The Bertz CT molecular complexity index is 132. The van der Waals surface area contributed by atoms with E-state index in [1.807, 2.05) is 0 Å². The summed E-state index contributed by atoms with van der Waals surface area (Å²) in [6.07, 6.45) is 2.56. The van der Waals surface area contributed by atoms with Gasteiger partial charge in [0.25, 0.3) is 0 Å². The van der Waals surface area contributed by atoms with Gasteiger partial charge in [0, 0.05) is 0 Å². The van der Waals surface area contributed by atoms with Crippen LogP contribution < -0.4 is 0 Å². The summed E-state index contributed by atoms with van der Waals surface area (Å²) in [6.45, 7) is 14.3. The van der Waals surface area contributed by atoms with Gasteiger partial charge in [-0.25, -0.2) is 0 Å². The second-order valence-corrected chi connectivity index (χ2v) is 4.75. The molecule has 0 aliphatic rings. The molecule has 0 aromatic carbocycles. The van der Waals surface area contributed by atoms with Crippen LogP contribution in [0.3, 0.4) is 0 Å². The molecular weight excluding hydrogens is 210 g/mol. The highest BCUT2D eigenvalue weighted by molar-refractivity contribution is 4.58. The van der Waals surface area contributed by atoms with Crippen molar-refractivity contribution in [2.24, 2.45) is 0 Å². The Morgan fingerprint density at radius 2 is 1.06 bits per heavy atom. The van der Waals surface area contributed by atoms with E-state index in [0.717, 1.165) is 0 Å². The molecule has 0 aliphatic carbocycles. The van der Waals surface area contributed by atoms with Gasteiger partial charge in [-0.3, -0.25) is 0 Å². The maximum Gasteiger partial charge on any atom is -0.000666 e. The van der Waals surface area contributed by atoms with Crippen molar-refractivity contribution in [1.82, 2.24) is 14.7 Å². The fourth-order valence-corrected chi connectivity index (χ4v) is 1.65. The van der Waals surface area contributed by atoms with Crippen molar-refractivity contribution >= 4 is 0 Å². The van der Waals surface area contributed by atoms with Crippen molar-refractivity contribution in [2.75, 3.05) is 60.9 Å². The van der Waals surface area contributed by atoms with Crippen LogP contribution in [0.4, 0.5) is 0 Å². The lowest BCUT2D eigenvalue weighted by Crippen LogP contribution is -2.30. The van der Waals surface area contributed by atoms with E-state index in [9.17, 15) is 0 Å². The predicted molar refractivity (Wildman–Crippen MR) is 79.7 cm³/mol. The summed E-state index contributed by atoms with van der Waals surface area (Å²) < 4.78 is 0. The molecule has 104 valence electrons. The second-order valence-electron chi connectivity index (χ2n) is 4.75. The lowest BCUT2D eigenvalue weighted by atomic mass is 10.3. The average Bonchev–Trinajstić information content (AvgIpc) is 2.29. The average molecular weight is 243 g/mol. The van der Waals surface area contributed by atoms with E-state index in [4.69, 9.17) is 0 Å². The first-order valence-electron chi connectivity index (χ1n) is 6.58. The smallest absolute Gasteiger partial charge is 0.000666 e. The first kappa shape index (κ1) is 19.0. The zero-order valence-corrected chi connectivity index (χ0v) is 12.7. The largest absolute Gasteiger partial charge is 0.309 e. The molecule has 3 nitrogen and oxygen atoms in total. The number of hydrogen-bond donors (Lipinski definition) is 0. The Labute approximate surface area is 109 Å². The van der Waals surface area contributed by atoms with Gasteiger partial charge in [0.05, 0.1) is 0 Å². The maximum atomic E-state index is 3.00. The van der Waals surface area contributed by atoms with Gasteiger partial charge in [0.1, 0.15) is 0 Å². The van der Waals surface area contributed by atoms with Crippen molar-refractivity contribution in [3.05, 3.63) is 13.2 Å². The van der Waals surface area contributed by atoms with Crippen LogP contribution in [-0.2, 0) is 0 Å². The number of rotatable bonds is 9. The van der Waals surface area contributed by atoms with Gasteiger partial charge in [-0.2, -0.15) is 0 Å². The van der Waals surface area contributed by atoms with Crippen LogP contribution in [0.1, 0.15) is 19.8 Å². The molecule has 0 spiro atoms. The zero-order valence-electron chi connectivity index (χ0n) is 12.7.